The summed E-state index contributed by atoms with van der Waals surface area (Å²) in [5.41, 5.74) is -0.271. The first-order valence-corrected chi connectivity index (χ1v) is 6.23. The molecule has 1 aliphatic rings. The highest BCUT2D eigenvalue weighted by molar-refractivity contribution is 6.34. The topological polar surface area (TPSA) is 49.4 Å². The summed E-state index contributed by atoms with van der Waals surface area (Å²) >= 11 is 6.08. The Bertz CT molecular complexity index is 504. The van der Waals surface area contributed by atoms with Crippen molar-refractivity contribution in [2.24, 2.45) is 0 Å². The summed E-state index contributed by atoms with van der Waals surface area (Å²) in [6, 6.07) is 7.04. The number of carbonyl (C=O) groups excluding carboxylic acids is 2. The quantitative estimate of drug-likeness (QED) is 0.890. The summed E-state index contributed by atoms with van der Waals surface area (Å²) in [6.07, 6.45) is 0.540. The normalized spacial score (nSPS) is 24.1. The molecule has 2 rings (SSSR count). The van der Waals surface area contributed by atoms with Gasteiger partial charge in [-0.1, -0.05) is 30.7 Å². The van der Waals surface area contributed by atoms with Gasteiger partial charge < -0.3 is 5.32 Å². The van der Waals surface area contributed by atoms with Crippen LogP contribution in [-0.4, -0.2) is 23.9 Å². The summed E-state index contributed by atoms with van der Waals surface area (Å²) in [5.74, 6) is -0.295. The van der Waals surface area contributed by atoms with Crippen LogP contribution in [0.4, 0.5) is 5.69 Å². The van der Waals surface area contributed by atoms with Crippen molar-refractivity contribution < 1.29 is 9.59 Å². The highest BCUT2D eigenvalue weighted by atomic mass is 35.5. The molecular formula is C13H15ClN2O2. The van der Waals surface area contributed by atoms with E-state index in [0.29, 0.717) is 17.1 Å². The van der Waals surface area contributed by atoms with Gasteiger partial charge in [-0.05, 0) is 25.5 Å². The van der Waals surface area contributed by atoms with Crippen LogP contribution in [0.5, 0.6) is 0 Å². The molecule has 0 radical (unpaired) electrons. The van der Waals surface area contributed by atoms with Crippen LogP contribution in [0.15, 0.2) is 24.3 Å². The lowest BCUT2D eigenvalue weighted by Gasteiger charge is -2.39. The number of piperazine rings is 1. The van der Waals surface area contributed by atoms with Crippen LogP contribution in [0.3, 0.4) is 0 Å². The van der Waals surface area contributed by atoms with E-state index in [9.17, 15) is 9.59 Å². The number of benzene rings is 1. The monoisotopic (exact) mass is 266 g/mol. The van der Waals surface area contributed by atoms with Gasteiger partial charge in [0, 0.05) is 0 Å². The van der Waals surface area contributed by atoms with Gasteiger partial charge in [-0.3, -0.25) is 14.5 Å². The maximum Gasteiger partial charge on any atom is 0.252 e. The molecule has 1 fully saturated rings. The fraction of sp³-hybridized carbons (Fsp3) is 0.385. The number of hydrogen-bond acceptors (Lipinski definition) is 2. The van der Waals surface area contributed by atoms with Crippen LogP contribution >= 0.6 is 11.6 Å². The molecule has 1 N–H and O–H groups in total. The third-order valence-corrected chi connectivity index (χ3v) is 3.60. The van der Waals surface area contributed by atoms with E-state index in [-0.39, 0.29) is 18.4 Å². The van der Waals surface area contributed by atoms with Crippen molar-refractivity contribution in [2.45, 2.75) is 25.8 Å². The van der Waals surface area contributed by atoms with Gasteiger partial charge in [0.1, 0.15) is 12.1 Å². The van der Waals surface area contributed by atoms with Gasteiger partial charge in [-0.2, -0.15) is 0 Å². The van der Waals surface area contributed by atoms with Crippen molar-refractivity contribution in [2.75, 3.05) is 11.4 Å². The SMILES string of the molecule is CCC1(C)NC(=O)CN(c2ccccc2Cl)C1=O. The molecule has 1 unspecified atom stereocenters. The van der Waals surface area contributed by atoms with Crippen LogP contribution in [0.2, 0.25) is 5.02 Å². The number of amides is 2. The van der Waals surface area contributed by atoms with Crippen molar-refractivity contribution in [1.29, 1.82) is 0 Å². The number of rotatable bonds is 2. The molecule has 1 aromatic rings. The third-order valence-electron chi connectivity index (χ3n) is 3.28. The number of halogens is 1. The van der Waals surface area contributed by atoms with Gasteiger partial charge in [0.05, 0.1) is 10.7 Å². The van der Waals surface area contributed by atoms with E-state index in [1.807, 2.05) is 6.92 Å². The van der Waals surface area contributed by atoms with Gasteiger partial charge in [0.25, 0.3) is 5.91 Å². The Morgan fingerprint density at radius 3 is 2.67 bits per heavy atom. The molecule has 96 valence electrons. The van der Waals surface area contributed by atoms with Gasteiger partial charge in [-0.25, -0.2) is 0 Å². The molecule has 0 bridgehead atoms. The fourth-order valence-corrected chi connectivity index (χ4v) is 2.26. The van der Waals surface area contributed by atoms with E-state index in [2.05, 4.69) is 5.32 Å². The molecule has 1 saturated heterocycles. The van der Waals surface area contributed by atoms with E-state index in [0.717, 1.165) is 0 Å². The molecule has 4 nitrogen and oxygen atoms in total. The average Bonchev–Trinajstić information content (AvgIpc) is 2.35. The summed E-state index contributed by atoms with van der Waals surface area (Å²) in [7, 11) is 0. The Morgan fingerprint density at radius 1 is 1.39 bits per heavy atom. The Morgan fingerprint density at radius 2 is 2.06 bits per heavy atom. The van der Waals surface area contributed by atoms with Crippen molar-refractivity contribution in [3.63, 3.8) is 0 Å². The second kappa shape index (κ2) is 4.61. The summed E-state index contributed by atoms with van der Waals surface area (Å²) in [5, 5.41) is 3.21. The highest BCUT2D eigenvalue weighted by Gasteiger charge is 2.42. The molecule has 18 heavy (non-hydrogen) atoms. The van der Waals surface area contributed by atoms with Gasteiger partial charge in [0.15, 0.2) is 0 Å². The zero-order valence-corrected chi connectivity index (χ0v) is 11.1. The van der Waals surface area contributed by atoms with Crippen LogP contribution in [0.25, 0.3) is 0 Å². The molecule has 0 aromatic heterocycles. The minimum atomic E-state index is -0.853. The maximum atomic E-state index is 12.4. The van der Waals surface area contributed by atoms with Crippen LogP contribution in [0, 0.1) is 0 Å². The van der Waals surface area contributed by atoms with Crippen molar-refractivity contribution >= 4 is 29.1 Å². The Hall–Kier alpha value is -1.55. The lowest BCUT2D eigenvalue weighted by molar-refractivity contribution is -0.135. The lowest BCUT2D eigenvalue weighted by Crippen LogP contribution is -2.65. The number of nitrogens with zero attached hydrogens (tertiary/aromatic N) is 1. The van der Waals surface area contributed by atoms with Gasteiger partial charge in [-0.15, -0.1) is 0 Å². The predicted molar refractivity (Wildman–Crippen MR) is 70.6 cm³/mol. The molecule has 5 heteroatoms. The van der Waals surface area contributed by atoms with Crippen LogP contribution in [-0.2, 0) is 9.59 Å². The zero-order chi connectivity index (χ0) is 13.3. The van der Waals surface area contributed by atoms with Crippen molar-refractivity contribution in [3.8, 4) is 0 Å². The van der Waals surface area contributed by atoms with E-state index in [1.54, 1.807) is 31.2 Å². The second-order valence-electron chi connectivity index (χ2n) is 4.58. The molecular weight excluding hydrogens is 252 g/mol. The largest absolute Gasteiger partial charge is 0.340 e. The first kappa shape index (κ1) is 12.9. The maximum absolute atomic E-state index is 12.4. The first-order valence-electron chi connectivity index (χ1n) is 5.85. The van der Waals surface area contributed by atoms with Gasteiger partial charge >= 0.3 is 0 Å². The van der Waals surface area contributed by atoms with Crippen LogP contribution < -0.4 is 10.2 Å². The zero-order valence-electron chi connectivity index (χ0n) is 10.4. The van der Waals surface area contributed by atoms with Gasteiger partial charge in [0.2, 0.25) is 5.91 Å². The van der Waals surface area contributed by atoms with Crippen molar-refractivity contribution in [1.82, 2.24) is 5.32 Å². The number of carbonyl (C=O) groups is 2. The number of para-hydroxylation sites is 1. The molecule has 2 amide bonds. The van der Waals surface area contributed by atoms with E-state index < -0.39 is 5.54 Å². The Labute approximate surface area is 111 Å². The molecule has 1 atom stereocenters. The Kier molecular flexibility index (Phi) is 3.30. The lowest BCUT2D eigenvalue weighted by atomic mass is 9.94. The molecule has 0 spiro atoms. The average molecular weight is 267 g/mol. The molecule has 1 aliphatic heterocycles. The third kappa shape index (κ3) is 2.08. The smallest absolute Gasteiger partial charge is 0.252 e. The standard InChI is InChI=1S/C13H15ClN2O2/c1-3-13(2)12(18)16(8-11(17)15-13)10-7-5-4-6-9(10)14/h4-7H,3,8H2,1-2H3,(H,15,17). The van der Waals surface area contributed by atoms with E-state index >= 15 is 0 Å². The molecule has 0 saturated carbocycles. The molecule has 1 aromatic carbocycles. The predicted octanol–water partition coefficient (Wildman–Crippen LogP) is 1.97. The van der Waals surface area contributed by atoms with E-state index in [1.165, 1.54) is 4.90 Å². The summed E-state index contributed by atoms with van der Waals surface area (Å²) in [6.45, 7) is 3.61. The first-order chi connectivity index (χ1) is 8.48. The fourth-order valence-electron chi connectivity index (χ4n) is 2.02. The Balaban J connectivity index is 2.42. The van der Waals surface area contributed by atoms with E-state index in [4.69, 9.17) is 11.6 Å². The summed E-state index contributed by atoms with van der Waals surface area (Å²) < 4.78 is 0. The van der Waals surface area contributed by atoms with Crippen molar-refractivity contribution in [3.05, 3.63) is 29.3 Å². The minimum absolute atomic E-state index is 0.0121. The van der Waals surface area contributed by atoms with Crippen LogP contribution in [0.1, 0.15) is 20.3 Å². The number of hydrogen-bond donors (Lipinski definition) is 1. The molecule has 1 heterocycles. The summed E-state index contributed by atoms with van der Waals surface area (Å²) in [4.78, 5) is 25.6. The minimum Gasteiger partial charge on any atom is -0.340 e. The second-order valence-corrected chi connectivity index (χ2v) is 4.98. The molecule has 0 aliphatic carbocycles. The highest BCUT2D eigenvalue weighted by Crippen LogP contribution is 2.29. The number of anilines is 1. The number of nitrogens with one attached hydrogen (secondary N) is 1.